The van der Waals surface area contributed by atoms with Gasteiger partial charge in [-0.25, -0.2) is 4.98 Å². The molecule has 0 spiro atoms. The molecule has 4 nitrogen and oxygen atoms in total. The van der Waals surface area contributed by atoms with E-state index in [-0.39, 0.29) is 0 Å². The Hall–Kier alpha value is -1.32. The fourth-order valence-electron chi connectivity index (χ4n) is 1.88. The number of aromatic nitrogens is 2. The van der Waals surface area contributed by atoms with E-state index in [1.165, 1.54) is 12.8 Å². The van der Waals surface area contributed by atoms with E-state index in [1.807, 2.05) is 13.8 Å². The van der Waals surface area contributed by atoms with Crippen molar-refractivity contribution in [1.29, 1.82) is 0 Å². The molecule has 0 aromatic carbocycles. The van der Waals surface area contributed by atoms with Crippen molar-refractivity contribution >= 4 is 5.82 Å². The van der Waals surface area contributed by atoms with Crippen molar-refractivity contribution < 1.29 is 4.74 Å². The summed E-state index contributed by atoms with van der Waals surface area (Å²) in [6.07, 6.45) is 2.37. The minimum absolute atomic E-state index is 0.562. The number of hydrogen-bond acceptors (Lipinski definition) is 4. The molecule has 0 aliphatic carbocycles. The van der Waals surface area contributed by atoms with E-state index in [2.05, 4.69) is 36.1 Å². The number of aryl methyl sites for hydroxylation is 1. The molecule has 1 unspecified atom stereocenters. The molecule has 0 aliphatic heterocycles. The highest BCUT2D eigenvalue weighted by molar-refractivity contribution is 5.48. The SMILES string of the molecule is CCCC(C)COc1nc(C)nc(NCC)c1C. The van der Waals surface area contributed by atoms with Gasteiger partial charge in [-0.3, -0.25) is 0 Å². The average molecular weight is 251 g/mol. The van der Waals surface area contributed by atoms with Crippen molar-refractivity contribution in [2.24, 2.45) is 5.92 Å². The molecule has 1 N–H and O–H groups in total. The zero-order valence-electron chi connectivity index (χ0n) is 12.2. The minimum Gasteiger partial charge on any atom is -0.477 e. The van der Waals surface area contributed by atoms with Crippen LogP contribution in [0.4, 0.5) is 5.82 Å². The van der Waals surface area contributed by atoms with Crippen molar-refractivity contribution in [1.82, 2.24) is 9.97 Å². The first-order valence-electron chi connectivity index (χ1n) is 6.80. The van der Waals surface area contributed by atoms with Gasteiger partial charge in [0.1, 0.15) is 11.6 Å². The Labute approximate surface area is 110 Å². The lowest BCUT2D eigenvalue weighted by molar-refractivity contribution is 0.241. The Morgan fingerprint density at radius 2 is 1.94 bits per heavy atom. The van der Waals surface area contributed by atoms with E-state index in [9.17, 15) is 0 Å². The predicted octanol–water partition coefficient (Wildman–Crippen LogP) is 3.34. The van der Waals surface area contributed by atoms with E-state index in [4.69, 9.17) is 4.74 Å². The third kappa shape index (κ3) is 4.17. The van der Waals surface area contributed by atoms with E-state index < -0.39 is 0 Å². The van der Waals surface area contributed by atoms with E-state index >= 15 is 0 Å². The van der Waals surface area contributed by atoms with Gasteiger partial charge in [0.2, 0.25) is 5.88 Å². The molecule has 0 saturated carbocycles. The quantitative estimate of drug-likeness (QED) is 0.807. The van der Waals surface area contributed by atoms with Gasteiger partial charge in [-0.2, -0.15) is 4.98 Å². The lowest BCUT2D eigenvalue weighted by Crippen LogP contribution is -2.12. The summed E-state index contributed by atoms with van der Waals surface area (Å²) in [5.74, 6) is 2.89. The summed E-state index contributed by atoms with van der Waals surface area (Å²) >= 11 is 0. The molecule has 1 heterocycles. The fourth-order valence-corrected chi connectivity index (χ4v) is 1.88. The predicted molar refractivity (Wildman–Crippen MR) is 75.2 cm³/mol. The number of hydrogen-bond donors (Lipinski definition) is 1. The standard InChI is InChI=1S/C14H25N3O/c1-6-8-10(3)9-18-14-11(4)13(15-7-2)16-12(5)17-14/h10H,6-9H2,1-5H3,(H,15,16,17). The van der Waals surface area contributed by atoms with Gasteiger partial charge in [0.15, 0.2) is 0 Å². The number of rotatable bonds is 7. The highest BCUT2D eigenvalue weighted by Crippen LogP contribution is 2.22. The molecular formula is C14H25N3O. The van der Waals surface area contributed by atoms with Crippen molar-refractivity contribution in [2.45, 2.75) is 47.5 Å². The largest absolute Gasteiger partial charge is 0.477 e. The summed E-state index contributed by atoms with van der Waals surface area (Å²) in [6.45, 7) is 11.9. The van der Waals surface area contributed by atoms with Crippen LogP contribution in [0.3, 0.4) is 0 Å². The number of nitrogens with one attached hydrogen (secondary N) is 1. The summed E-state index contributed by atoms with van der Waals surface area (Å²) in [6, 6.07) is 0. The molecule has 0 radical (unpaired) electrons. The maximum absolute atomic E-state index is 5.83. The highest BCUT2D eigenvalue weighted by Gasteiger charge is 2.11. The summed E-state index contributed by atoms with van der Waals surface area (Å²) in [5.41, 5.74) is 0.992. The number of nitrogens with zero attached hydrogens (tertiary/aromatic N) is 2. The third-order valence-electron chi connectivity index (χ3n) is 2.84. The van der Waals surface area contributed by atoms with Crippen LogP contribution in [-0.4, -0.2) is 23.1 Å². The average Bonchev–Trinajstić information content (AvgIpc) is 2.32. The second-order valence-corrected chi connectivity index (χ2v) is 4.78. The molecular weight excluding hydrogens is 226 g/mol. The maximum Gasteiger partial charge on any atom is 0.221 e. The van der Waals surface area contributed by atoms with Crippen molar-refractivity contribution in [3.05, 3.63) is 11.4 Å². The summed E-state index contributed by atoms with van der Waals surface area (Å²) in [7, 11) is 0. The van der Waals surface area contributed by atoms with E-state index in [0.29, 0.717) is 11.8 Å². The first kappa shape index (κ1) is 14.7. The molecule has 4 heteroatoms. The molecule has 1 aromatic heterocycles. The number of anilines is 1. The van der Waals surface area contributed by atoms with Crippen LogP contribution in [0.25, 0.3) is 0 Å². The van der Waals surface area contributed by atoms with Crippen LogP contribution in [0, 0.1) is 19.8 Å². The molecule has 0 amide bonds. The lowest BCUT2D eigenvalue weighted by atomic mass is 10.1. The van der Waals surface area contributed by atoms with Crippen LogP contribution >= 0.6 is 0 Å². The zero-order chi connectivity index (χ0) is 13.5. The molecule has 0 bridgehead atoms. The number of ether oxygens (including phenoxy) is 1. The smallest absolute Gasteiger partial charge is 0.221 e. The van der Waals surface area contributed by atoms with Gasteiger partial charge in [0.05, 0.1) is 12.2 Å². The Bertz CT molecular complexity index is 380. The third-order valence-corrected chi connectivity index (χ3v) is 2.84. The van der Waals surface area contributed by atoms with Crippen LogP contribution in [0.5, 0.6) is 5.88 Å². The Kier molecular flexibility index (Phi) is 5.89. The van der Waals surface area contributed by atoms with Crippen LogP contribution in [0.1, 0.15) is 45.0 Å². The van der Waals surface area contributed by atoms with Crippen molar-refractivity contribution in [2.75, 3.05) is 18.5 Å². The Morgan fingerprint density at radius 1 is 1.22 bits per heavy atom. The van der Waals surface area contributed by atoms with E-state index in [1.54, 1.807) is 0 Å². The van der Waals surface area contributed by atoms with E-state index in [0.717, 1.165) is 30.4 Å². The zero-order valence-corrected chi connectivity index (χ0v) is 12.2. The first-order chi connectivity index (χ1) is 8.58. The topological polar surface area (TPSA) is 47.0 Å². The molecule has 1 aromatic rings. The summed E-state index contributed by atoms with van der Waals surface area (Å²) in [4.78, 5) is 8.76. The maximum atomic E-state index is 5.83. The molecule has 1 rings (SSSR count). The second kappa shape index (κ2) is 7.19. The van der Waals surface area contributed by atoms with Crippen molar-refractivity contribution in [3.8, 4) is 5.88 Å². The molecule has 0 saturated heterocycles. The van der Waals surface area contributed by atoms with Gasteiger partial charge in [-0.05, 0) is 33.1 Å². The van der Waals surface area contributed by atoms with Gasteiger partial charge in [0.25, 0.3) is 0 Å². The van der Waals surface area contributed by atoms with Crippen LogP contribution < -0.4 is 10.1 Å². The van der Waals surface area contributed by atoms with Gasteiger partial charge < -0.3 is 10.1 Å². The lowest BCUT2D eigenvalue weighted by Gasteiger charge is -2.15. The molecule has 0 fully saturated rings. The Balaban J connectivity index is 2.75. The molecule has 18 heavy (non-hydrogen) atoms. The van der Waals surface area contributed by atoms with Gasteiger partial charge in [0, 0.05) is 6.54 Å². The monoisotopic (exact) mass is 251 g/mol. The molecule has 0 aliphatic rings. The van der Waals surface area contributed by atoms with Gasteiger partial charge in [-0.15, -0.1) is 0 Å². The minimum atomic E-state index is 0.562. The van der Waals surface area contributed by atoms with Crippen LogP contribution in [0.15, 0.2) is 0 Å². The first-order valence-corrected chi connectivity index (χ1v) is 6.80. The van der Waals surface area contributed by atoms with Crippen LogP contribution in [-0.2, 0) is 0 Å². The van der Waals surface area contributed by atoms with Gasteiger partial charge in [-0.1, -0.05) is 20.3 Å². The second-order valence-electron chi connectivity index (χ2n) is 4.78. The van der Waals surface area contributed by atoms with Gasteiger partial charge >= 0.3 is 0 Å². The Morgan fingerprint density at radius 3 is 2.56 bits per heavy atom. The normalized spacial score (nSPS) is 12.3. The molecule has 1 atom stereocenters. The van der Waals surface area contributed by atoms with Crippen LogP contribution in [0.2, 0.25) is 0 Å². The fraction of sp³-hybridized carbons (Fsp3) is 0.714. The highest BCUT2D eigenvalue weighted by atomic mass is 16.5. The molecule has 102 valence electrons. The summed E-state index contributed by atoms with van der Waals surface area (Å²) < 4.78 is 5.83. The summed E-state index contributed by atoms with van der Waals surface area (Å²) in [5, 5.41) is 3.24. The van der Waals surface area contributed by atoms with Crippen molar-refractivity contribution in [3.63, 3.8) is 0 Å².